The predicted molar refractivity (Wildman–Crippen MR) is 112 cm³/mol. The molecular weight excluding hydrogens is 372 g/mol. The monoisotopic (exact) mass is 406 g/mol. The molecule has 8 heteroatoms. The molecule has 0 unspecified atom stereocenters. The second-order valence-corrected chi connectivity index (χ2v) is 9.29. The number of rotatable bonds is 3. The van der Waals surface area contributed by atoms with Crippen molar-refractivity contribution in [3.05, 3.63) is 23.4 Å². The molecule has 1 aromatic heterocycles. The lowest BCUT2D eigenvalue weighted by Gasteiger charge is -2.36. The number of ether oxygens (including phenoxy) is 2. The molecule has 1 fully saturated rings. The minimum absolute atomic E-state index is 0.273. The van der Waals surface area contributed by atoms with Crippen LogP contribution in [0.1, 0.15) is 52.7 Å². The minimum Gasteiger partial charge on any atom is -0.444 e. The first-order chi connectivity index (χ1) is 13.3. The van der Waals surface area contributed by atoms with Gasteiger partial charge in [-0.3, -0.25) is 0 Å². The fourth-order valence-corrected chi connectivity index (χ4v) is 2.97. The number of carbonyl (C=O) groups is 2. The second kappa shape index (κ2) is 8.88. The van der Waals surface area contributed by atoms with Gasteiger partial charge in [0.2, 0.25) is 0 Å². The lowest BCUT2D eigenvalue weighted by Crippen LogP contribution is -2.50. The Balaban J connectivity index is 1.89. The third-order valence-electron chi connectivity index (χ3n) is 4.17. The van der Waals surface area contributed by atoms with Crippen LogP contribution in [0.3, 0.4) is 0 Å². The molecule has 1 aliphatic rings. The van der Waals surface area contributed by atoms with E-state index >= 15 is 0 Å². The van der Waals surface area contributed by atoms with Crippen LogP contribution in [0.4, 0.5) is 15.4 Å². The molecule has 1 N–H and O–H groups in total. The third-order valence-corrected chi connectivity index (χ3v) is 4.17. The zero-order valence-corrected chi connectivity index (χ0v) is 18.7. The predicted octanol–water partition coefficient (Wildman–Crippen LogP) is 3.47. The molecule has 2 rings (SSSR count). The first kappa shape index (κ1) is 22.8. The van der Waals surface area contributed by atoms with Gasteiger partial charge in [-0.2, -0.15) is 0 Å². The largest absolute Gasteiger partial charge is 0.444 e. The molecule has 0 radical (unpaired) electrons. The Morgan fingerprint density at radius 3 is 2.14 bits per heavy atom. The zero-order chi connectivity index (χ0) is 21.8. The van der Waals surface area contributed by atoms with Crippen molar-refractivity contribution in [2.75, 3.05) is 31.1 Å². The number of amides is 2. The number of carbonyl (C=O) groups excluding carboxylic acids is 2. The Labute approximate surface area is 173 Å². The van der Waals surface area contributed by atoms with Gasteiger partial charge in [-0.25, -0.2) is 14.6 Å². The van der Waals surface area contributed by atoms with Gasteiger partial charge in [0.25, 0.3) is 0 Å². The molecule has 1 saturated heterocycles. The summed E-state index contributed by atoms with van der Waals surface area (Å²) in [6.45, 7) is 16.0. The fourth-order valence-electron chi connectivity index (χ4n) is 2.97. The molecule has 0 saturated carbocycles. The van der Waals surface area contributed by atoms with Crippen LogP contribution in [0.2, 0.25) is 0 Å². The van der Waals surface area contributed by atoms with Crippen molar-refractivity contribution >= 4 is 18.0 Å². The molecule has 162 valence electrons. The summed E-state index contributed by atoms with van der Waals surface area (Å²) >= 11 is 0. The summed E-state index contributed by atoms with van der Waals surface area (Å²) in [5.41, 5.74) is 0.919. The average Bonchev–Trinajstić information content (AvgIpc) is 2.57. The summed E-state index contributed by atoms with van der Waals surface area (Å²) < 4.78 is 10.7. The molecular formula is C21H34N4O4. The molecule has 2 heterocycles. The van der Waals surface area contributed by atoms with E-state index in [-0.39, 0.29) is 6.09 Å². The third kappa shape index (κ3) is 7.44. The average molecular weight is 407 g/mol. The number of alkyl carbamates (subject to hydrolysis) is 1. The highest BCUT2D eigenvalue weighted by Gasteiger charge is 2.26. The van der Waals surface area contributed by atoms with Crippen molar-refractivity contribution in [2.24, 2.45) is 0 Å². The van der Waals surface area contributed by atoms with Crippen LogP contribution in [-0.4, -0.2) is 59.5 Å². The van der Waals surface area contributed by atoms with Crippen molar-refractivity contribution in [1.29, 1.82) is 0 Å². The normalized spacial score (nSPS) is 15.1. The number of nitrogens with one attached hydrogen (secondary N) is 1. The van der Waals surface area contributed by atoms with Crippen molar-refractivity contribution in [3.8, 4) is 0 Å². The SMILES string of the molecule is Cc1cc(CNC(=O)OC(C)(C)C)cnc1N1CCN(C(=O)OC(C)(C)C)CC1. The molecule has 0 bridgehead atoms. The molecule has 1 aromatic rings. The Morgan fingerprint density at radius 2 is 1.62 bits per heavy atom. The van der Waals surface area contributed by atoms with Crippen LogP contribution in [-0.2, 0) is 16.0 Å². The van der Waals surface area contributed by atoms with Gasteiger partial charge in [-0.1, -0.05) is 0 Å². The number of anilines is 1. The second-order valence-electron chi connectivity index (χ2n) is 9.29. The van der Waals surface area contributed by atoms with E-state index < -0.39 is 17.3 Å². The summed E-state index contributed by atoms with van der Waals surface area (Å²) in [4.78, 5) is 32.5. The summed E-state index contributed by atoms with van der Waals surface area (Å²) in [6.07, 6.45) is 1.04. The number of aromatic nitrogens is 1. The standard InChI is InChI=1S/C21H34N4O4/c1-15-12-16(14-23-18(26)28-20(2,3)4)13-22-17(15)24-8-10-25(11-9-24)19(27)29-21(5,6)7/h12-13H,8-11,14H2,1-7H3,(H,23,26). The van der Waals surface area contributed by atoms with Crippen LogP contribution >= 0.6 is 0 Å². The lowest BCUT2D eigenvalue weighted by molar-refractivity contribution is 0.0240. The Hall–Kier alpha value is -2.51. The molecule has 0 atom stereocenters. The number of nitrogens with zero attached hydrogens (tertiary/aromatic N) is 3. The lowest BCUT2D eigenvalue weighted by atomic mass is 10.2. The van der Waals surface area contributed by atoms with Crippen LogP contribution in [0, 0.1) is 6.92 Å². The van der Waals surface area contributed by atoms with Gasteiger partial charge in [0.05, 0.1) is 0 Å². The Morgan fingerprint density at radius 1 is 1.03 bits per heavy atom. The zero-order valence-electron chi connectivity index (χ0n) is 18.7. The van der Waals surface area contributed by atoms with E-state index in [0.29, 0.717) is 32.7 Å². The van der Waals surface area contributed by atoms with E-state index in [9.17, 15) is 9.59 Å². The Bertz CT molecular complexity index is 729. The van der Waals surface area contributed by atoms with Crippen molar-refractivity contribution in [3.63, 3.8) is 0 Å². The van der Waals surface area contributed by atoms with Crippen molar-refractivity contribution < 1.29 is 19.1 Å². The number of hydrogen-bond acceptors (Lipinski definition) is 6. The highest BCUT2D eigenvalue weighted by atomic mass is 16.6. The summed E-state index contributed by atoms with van der Waals surface area (Å²) in [5.74, 6) is 0.898. The van der Waals surface area contributed by atoms with Gasteiger partial charge in [-0.05, 0) is 65.7 Å². The molecule has 8 nitrogen and oxygen atoms in total. The van der Waals surface area contributed by atoms with Crippen LogP contribution < -0.4 is 10.2 Å². The van der Waals surface area contributed by atoms with Crippen LogP contribution in [0.25, 0.3) is 0 Å². The Kier molecular flexibility index (Phi) is 6.97. The first-order valence-corrected chi connectivity index (χ1v) is 9.99. The maximum absolute atomic E-state index is 12.2. The summed E-state index contributed by atoms with van der Waals surface area (Å²) in [5, 5.41) is 2.75. The maximum atomic E-state index is 12.2. The van der Waals surface area contributed by atoms with Gasteiger partial charge >= 0.3 is 12.2 Å². The quantitative estimate of drug-likeness (QED) is 0.827. The fraction of sp³-hybridized carbons (Fsp3) is 0.667. The number of hydrogen-bond donors (Lipinski definition) is 1. The number of pyridine rings is 1. The van der Waals surface area contributed by atoms with E-state index in [1.165, 1.54) is 0 Å². The van der Waals surface area contributed by atoms with E-state index in [2.05, 4.69) is 15.2 Å². The van der Waals surface area contributed by atoms with E-state index in [4.69, 9.17) is 9.47 Å². The highest BCUT2D eigenvalue weighted by Crippen LogP contribution is 2.20. The van der Waals surface area contributed by atoms with E-state index in [1.807, 2.05) is 54.5 Å². The van der Waals surface area contributed by atoms with E-state index in [0.717, 1.165) is 16.9 Å². The van der Waals surface area contributed by atoms with Gasteiger partial charge < -0.3 is 24.6 Å². The smallest absolute Gasteiger partial charge is 0.410 e. The van der Waals surface area contributed by atoms with Gasteiger partial charge in [0, 0.05) is 38.9 Å². The van der Waals surface area contributed by atoms with Crippen LogP contribution in [0.15, 0.2) is 12.3 Å². The van der Waals surface area contributed by atoms with Gasteiger partial charge in [-0.15, -0.1) is 0 Å². The molecule has 1 aliphatic heterocycles. The maximum Gasteiger partial charge on any atom is 0.410 e. The van der Waals surface area contributed by atoms with Crippen molar-refractivity contribution in [1.82, 2.24) is 15.2 Å². The van der Waals surface area contributed by atoms with Crippen molar-refractivity contribution in [2.45, 2.75) is 66.2 Å². The summed E-state index contributed by atoms with van der Waals surface area (Å²) in [6, 6.07) is 2.01. The number of piperazine rings is 1. The number of aryl methyl sites for hydroxylation is 1. The molecule has 0 aliphatic carbocycles. The minimum atomic E-state index is -0.524. The first-order valence-electron chi connectivity index (χ1n) is 9.99. The molecule has 29 heavy (non-hydrogen) atoms. The van der Waals surface area contributed by atoms with E-state index in [1.54, 1.807) is 11.1 Å². The summed E-state index contributed by atoms with van der Waals surface area (Å²) in [7, 11) is 0. The molecule has 0 aromatic carbocycles. The highest BCUT2D eigenvalue weighted by molar-refractivity contribution is 5.69. The topological polar surface area (TPSA) is 84.0 Å². The van der Waals surface area contributed by atoms with Crippen LogP contribution in [0.5, 0.6) is 0 Å². The van der Waals surface area contributed by atoms with Gasteiger partial charge in [0.1, 0.15) is 17.0 Å². The molecule has 2 amide bonds. The van der Waals surface area contributed by atoms with Gasteiger partial charge in [0.15, 0.2) is 0 Å². The molecule has 0 spiro atoms.